The molecule has 0 aromatic rings. The Morgan fingerprint density at radius 3 is 1.17 bits per heavy atom. The minimum atomic E-state index is -2.75. The molecule has 0 amide bonds. The van der Waals surface area contributed by atoms with Crippen LogP contribution in [0.1, 0.15) is 47.0 Å². The van der Waals surface area contributed by atoms with Gasteiger partial charge < -0.3 is 37.2 Å². The van der Waals surface area contributed by atoms with E-state index in [1.807, 2.05) is 0 Å². The molecule has 8 nitrogen and oxygen atoms in total. The zero-order chi connectivity index (χ0) is 22.8. The Hall–Kier alpha value is 0.114. The molecule has 0 aliphatic rings. The maximum atomic E-state index is 5.78. The molecule has 0 atom stereocenters. The first kappa shape index (κ1) is 29.1. The monoisotopic (exact) mass is 454 g/mol. The molecule has 0 aliphatic heterocycles. The van der Waals surface area contributed by atoms with E-state index < -0.39 is 17.6 Å². The van der Waals surface area contributed by atoms with E-state index in [0.717, 1.165) is 38.9 Å². The van der Waals surface area contributed by atoms with Crippen molar-refractivity contribution in [3.8, 4) is 0 Å². The van der Waals surface area contributed by atoms with E-state index in [4.69, 9.17) is 32.3 Å². The molecule has 0 aromatic carbocycles. The molecule has 10 heteroatoms. The summed E-state index contributed by atoms with van der Waals surface area (Å²) in [7, 11) is 4.49. The molecule has 0 aromatic heterocycles. The van der Waals surface area contributed by atoms with E-state index >= 15 is 0 Å². The molecule has 0 saturated heterocycles. The summed E-state index contributed by atoms with van der Waals surface area (Å²) < 4.78 is 34.4. The number of hydrogen-bond acceptors (Lipinski definition) is 8. The third-order valence-electron chi connectivity index (χ3n) is 6.05. The van der Waals surface area contributed by atoms with Gasteiger partial charge in [0.25, 0.3) is 0 Å². The second kappa shape index (κ2) is 12.8. The first-order chi connectivity index (χ1) is 13.5. The molecule has 0 heterocycles. The van der Waals surface area contributed by atoms with Gasteiger partial charge in [-0.3, -0.25) is 0 Å². The maximum Gasteiger partial charge on any atom is 0.506 e. The lowest BCUT2D eigenvalue weighted by atomic mass is 10.1. The Bertz CT molecular complexity index is 394. The van der Waals surface area contributed by atoms with E-state index in [1.54, 1.807) is 42.7 Å². The van der Waals surface area contributed by atoms with Crippen LogP contribution in [-0.2, 0) is 26.6 Å². The van der Waals surface area contributed by atoms with Crippen molar-refractivity contribution in [3.05, 3.63) is 0 Å². The molecule has 0 unspecified atom stereocenters. The van der Waals surface area contributed by atoms with Crippen molar-refractivity contribution in [2.45, 2.75) is 57.0 Å². The zero-order valence-corrected chi connectivity index (χ0v) is 22.4. The summed E-state index contributed by atoms with van der Waals surface area (Å²) in [5.41, 5.74) is 5.78. The average Bonchev–Trinajstić information content (AvgIpc) is 2.70. The predicted octanol–water partition coefficient (Wildman–Crippen LogP) is 2.73. The highest BCUT2D eigenvalue weighted by Gasteiger charge is 2.54. The molecule has 0 bridgehead atoms. The van der Waals surface area contributed by atoms with Crippen LogP contribution in [0.25, 0.3) is 0 Å². The fourth-order valence-corrected chi connectivity index (χ4v) is 9.14. The average molecular weight is 455 g/mol. The van der Waals surface area contributed by atoms with Crippen LogP contribution in [0.4, 0.5) is 0 Å². The van der Waals surface area contributed by atoms with E-state index in [0.29, 0.717) is 6.54 Å². The summed E-state index contributed by atoms with van der Waals surface area (Å²) in [5, 5.41) is -0.433. The van der Waals surface area contributed by atoms with Crippen LogP contribution < -0.4 is 5.73 Å². The third kappa shape index (κ3) is 7.06. The normalized spacial score (nSPS) is 14.1. The molecular formula is C19H46N2O6Si2. The Morgan fingerprint density at radius 1 is 0.621 bits per heavy atom. The molecular weight excluding hydrogens is 408 g/mol. The summed E-state index contributed by atoms with van der Waals surface area (Å²) in [6.45, 7) is 12.0. The van der Waals surface area contributed by atoms with Crippen molar-refractivity contribution >= 4 is 17.6 Å². The molecule has 0 spiro atoms. The summed E-state index contributed by atoms with van der Waals surface area (Å²) in [6.07, 6.45) is 2.73. The van der Waals surface area contributed by atoms with Gasteiger partial charge in [0.15, 0.2) is 0 Å². The smallest absolute Gasteiger partial charge is 0.377 e. The van der Waals surface area contributed by atoms with Gasteiger partial charge in [0.2, 0.25) is 0 Å². The lowest BCUT2D eigenvalue weighted by Gasteiger charge is -2.41. The summed E-state index contributed by atoms with van der Waals surface area (Å²) in [4.78, 5) is 2.44. The van der Waals surface area contributed by atoms with Crippen molar-refractivity contribution in [2.75, 3.05) is 68.8 Å². The number of nitrogens with two attached hydrogens (primary N) is 1. The number of hydrogen-bond donors (Lipinski definition) is 1. The zero-order valence-electron chi connectivity index (χ0n) is 20.4. The fraction of sp³-hybridized carbons (Fsp3) is 1.00. The second-order valence-corrected chi connectivity index (χ2v) is 16.0. The molecule has 0 saturated carbocycles. The van der Waals surface area contributed by atoms with Crippen molar-refractivity contribution in [1.29, 1.82) is 0 Å². The van der Waals surface area contributed by atoms with Gasteiger partial charge in [-0.15, -0.1) is 0 Å². The molecule has 0 rings (SSSR count). The Balaban J connectivity index is 5.24. The van der Waals surface area contributed by atoms with Crippen LogP contribution in [0, 0.1) is 0 Å². The second-order valence-electron chi connectivity index (χ2n) is 8.59. The Morgan fingerprint density at radius 2 is 0.931 bits per heavy atom. The van der Waals surface area contributed by atoms with E-state index in [-0.39, 0.29) is 10.1 Å². The SMILES string of the molecule is CO[Si](OC)(OC)C(C)(C)CCN(CCCN)CCC(C)(C)[Si](OC)(OC)OC. The lowest BCUT2D eigenvalue weighted by Crippen LogP contribution is -2.54. The maximum absolute atomic E-state index is 5.78. The molecule has 0 aliphatic carbocycles. The summed E-state index contributed by atoms with van der Waals surface area (Å²) in [5.74, 6) is 0. The van der Waals surface area contributed by atoms with Gasteiger partial charge >= 0.3 is 17.6 Å². The van der Waals surface area contributed by atoms with Gasteiger partial charge in [0.1, 0.15) is 0 Å². The first-order valence-electron chi connectivity index (χ1n) is 10.2. The number of rotatable bonds is 17. The van der Waals surface area contributed by atoms with Crippen LogP contribution in [0.15, 0.2) is 0 Å². The summed E-state index contributed by atoms with van der Waals surface area (Å²) >= 11 is 0. The van der Waals surface area contributed by atoms with E-state index in [1.165, 1.54) is 0 Å². The standard InChI is InChI=1S/C19H46N2O6Si2/c1-18(2,28(22-5,23-6)24-7)12-16-21(15-11-14-20)17-13-19(3,4)29(25-8,26-9)27-10/h11-17,20H2,1-10H3. The fourth-order valence-electron chi connectivity index (χ4n) is 3.99. The molecule has 0 radical (unpaired) electrons. The van der Waals surface area contributed by atoms with E-state index in [9.17, 15) is 0 Å². The molecule has 29 heavy (non-hydrogen) atoms. The quantitative estimate of drug-likeness (QED) is 0.336. The highest BCUT2D eigenvalue weighted by atomic mass is 28.4. The van der Waals surface area contributed by atoms with Crippen LogP contribution in [0.5, 0.6) is 0 Å². The van der Waals surface area contributed by atoms with Gasteiger partial charge in [-0.1, -0.05) is 27.7 Å². The van der Waals surface area contributed by atoms with Crippen LogP contribution in [-0.4, -0.2) is 91.3 Å². The van der Waals surface area contributed by atoms with Crippen molar-refractivity contribution in [2.24, 2.45) is 5.73 Å². The lowest BCUT2D eigenvalue weighted by molar-refractivity contribution is 0.0848. The van der Waals surface area contributed by atoms with Gasteiger partial charge in [0, 0.05) is 52.7 Å². The van der Waals surface area contributed by atoms with Crippen molar-refractivity contribution in [1.82, 2.24) is 4.90 Å². The van der Waals surface area contributed by atoms with Gasteiger partial charge in [-0.05, 0) is 45.4 Å². The number of nitrogens with zero attached hydrogens (tertiary/aromatic N) is 1. The minimum Gasteiger partial charge on any atom is -0.377 e. The third-order valence-corrected chi connectivity index (χ3v) is 13.1. The Kier molecular flexibility index (Phi) is 12.9. The van der Waals surface area contributed by atoms with Gasteiger partial charge in [-0.25, -0.2) is 0 Å². The summed E-state index contributed by atoms with van der Waals surface area (Å²) in [6, 6.07) is 0. The van der Waals surface area contributed by atoms with Crippen LogP contribution in [0.2, 0.25) is 10.1 Å². The Labute approximate surface area is 181 Å². The van der Waals surface area contributed by atoms with E-state index in [2.05, 4.69) is 32.6 Å². The highest BCUT2D eigenvalue weighted by molar-refractivity contribution is 6.64. The molecule has 2 N–H and O–H groups in total. The first-order valence-corrected chi connectivity index (χ1v) is 13.7. The minimum absolute atomic E-state index is 0.216. The molecule has 0 fully saturated rings. The van der Waals surface area contributed by atoms with Gasteiger partial charge in [0.05, 0.1) is 0 Å². The van der Waals surface area contributed by atoms with Crippen molar-refractivity contribution in [3.63, 3.8) is 0 Å². The highest BCUT2D eigenvalue weighted by Crippen LogP contribution is 2.43. The van der Waals surface area contributed by atoms with Crippen LogP contribution in [0.3, 0.4) is 0 Å². The van der Waals surface area contributed by atoms with Gasteiger partial charge in [-0.2, -0.15) is 0 Å². The topological polar surface area (TPSA) is 84.6 Å². The molecule has 176 valence electrons. The predicted molar refractivity (Wildman–Crippen MR) is 121 cm³/mol. The largest absolute Gasteiger partial charge is 0.506 e. The van der Waals surface area contributed by atoms with Crippen molar-refractivity contribution < 1.29 is 26.6 Å². The van der Waals surface area contributed by atoms with Crippen LogP contribution >= 0.6 is 0 Å².